The number of nitrogens with zero attached hydrogens (tertiary/aromatic N) is 1. The highest BCUT2D eigenvalue weighted by Crippen LogP contribution is 2.29. The third-order valence-corrected chi connectivity index (χ3v) is 4.99. The molecule has 3 aromatic carbocycles. The molecule has 1 fully saturated rings. The zero-order valence-corrected chi connectivity index (χ0v) is 16.1. The normalized spacial score (nSPS) is 16.8. The smallest absolute Gasteiger partial charge is 0.127 e. The number of nitrogens with one attached hydrogen (secondary N) is 1. The maximum absolute atomic E-state index is 5.94. The minimum atomic E-state index is -0.00687. The van der Waals surface area contributed by atoms with Gasteiger partial charge in [0.25, 0.3) is 0 Å². The van der Waals surface area contributed by atoms with E-state index in [1.54, 1.807) is 0 Å². The summed E-state index contributed by atoms with van der Waals surface area (Å²) < 4.78 is 5.94. The summed E-state index contributed by atoms with van der Waals surface area (Å²) in [5.74, 6) is 2.80. The van der Waals surface area contributed by atoms with Crippen molar-refractivity contribution in [2.24, 2.45) is 4.99 Å². The van der Waals surface area contributed by atoms with Gasteiger partial charge in [0.05, 0.1) is 5.84 Å². The monoisotopic (exact) mass is 370 g/mol. The zero-order chi connectivity index (χ0) is 19.0. The molecule has 28 heavy (non-hydrogen) atoms. The van der Waals surface area contributed by atoms with Crippen LogP contribution in [-0.2, 0) is 0 Å². The van der Waals surface area contributed by atoms with E-state index in [-0.39, 0.29) is 6.04 Å². The molecular weight excluding hydrogens is 344 g/mol. The number of ether oxygens (including phenoxy) is 1. The summed E-state index contributed by atoms with van der Waals surface area (Å²) in [7, 11) is 0. The van der Waals surface area contributed by atoms with Crippen LogP contribution in [0.2, 0.25) is 0 Å². The average molecular weight is 370 g/mol. The molecule has 0 bridgehead atoms. The lowest BCUT2D eigenvalue weighted by atomic mass is 9.99. The van der Waals surface area contributed by atoms with Gasteiger partial charge in [-0.3, -0.25) is 4.99 Å². The fraction of sp³-hybridized carbons (Fsp3) is 0.240. The molecule has 0 aliphatic carbocycles. The number of benzene rings is 3. The predicted molar refractivity (Wildman–Crippen MR) is 115 cm³/mol. The largest absolute Gasteiger partial charge is 0.457 e. The topological polar surface area (TPSA) is 33.6 Å². The van der Waals surface area contributed by atoms with E-state index in [0.29, 0.717) is 0 Å². The molecule has 142 valence electrons. The molecule has 0 amide bonds. The first-order valence-corrected chi connectivity index (χ1v) is 10.1. The summed E-state index contributed by atoms with van der Waals surface area (Å²) in [5.41, 5.74) is 2.38. The Kier molecular flexibility index (Phi) is 6.03. The van der Waals surface area contributed by atoms with Crippen LogP contribution in [0.15, 0.2) is 89.9 Å². The quantitative estimate of drug-likeness (QED) is 0.586. The molecule has 1 saturated heterocycles. The van der Waals surface area contributed by atoms with Gasteiger partial charge in [0.2, 0.25) is 0 Å². The first kappa shape index (κ1) is 18.3. The second-order valence-corrected chi connectivity index (χ2v) is 7.11. The Morgan fingerprint density at radius 1 is 0.679 bits per heavy atom. The van der Waals surface area contributed by atoms with Crippen LogP contribution in [0.5, 0.6) is 11.5 Å². The molecule has 1 atom stereocenters. The maximum atomic E-state index is 5.94. The van der Waals surface area contributed by atoms with Gasteiger partial charge in [-0.05, 0) is 48.2 Å². The number of hydrogen-bond donors (Lipinski definition) is 1. The number of aliphatic imine (C=N–C) groups is 1. The van der Waals surface area contributed by atoms with E-state index in [9.17, 15) is 0 Å². The highest BCUT2D eigenvalue weighted by Gasteiger charge is 2.15. The lowest BCUT2D eigenvalue weighted by molar-refractivity contribution is 0.482. The van der Waals surface area contributed by atoms with Crippen LogP contribution in [-0.4, -0.2) is 12.4 Å². The average Bonchev–Trinajstić information content (AvgIpc) is 3.03. The lowest BCUT2D eigenvalue weighted by Gasteiger charge is -2.17. The van der Waals surface area contributed by atoms with Crippen LogP contribution in [0.4, 0.5) is 0 Å². The summed E-state index contributed by atoms with van der Waals surface area (Å²) >= 11 is 0. The number of rotatable bonds is 5. The van der Waals surface area contributed by atoms with Crippen molar-refractivity contribution in [1.29, 1.82) is 0 Å². The van der Waals surface area contributed by atoms with Gasteiger partial charge >= 0.3 is 0 Å². The van der Waals surface area contributed by atoms with Gasteiger partial charge in [-0.15, -0.1) is 0 Å². The summed E-state index contributed by atoms with van der Waals surface area (Å²) in [6.45, 7) is 1.02. The zero-order valence-electron chi connectivity index (χ0n) is 16.1. The Balaban J connectivity index is 1.60. The van der Waals surface area contributed by atoms with Gasteiger partial charge in [-0.1, -0.05) is 67.1 Å². The van der Waals surface area contributed by atoms with Gasteiger partial charge in [-0.25, -0.2) is 0 Å². The van der Waals surface area contributed by atoms with E-state index in [1.807, 2.05) is 48.5 Å². The van der Waals surface area contributed by atoms with Crippen molar-refractivity contribution < 1.29 is 4.74 Å². The highest BCUT2D eigenvalue weighted by molar-refractivity contribution is 5.82. The van der Waals surface area contributed by atoms with Crippen LogP contribution in [0.1, 0.15) is 42.9 Å². The molecule has 3 aromatic rings. The molecule has 3 heteroatoms. The highest BCUT2D eigenvalue weighted by atomic mass is 16.5. The fourth-order valence-electron chi connectivity index (χ4n) is 3.50. The van der Waals surface area contributed by atoms with E-state index in [2.05, 4.69) is 41.7 Å². The Hall–Kier alpha value is -3.07. The molecule has 1 unspecified atom stereocenters. The van der Waals surface area contributed by atoms with Gasteiger partial charge in [0.15, 0.2) is 0 Å². The molecule has 1 aliphatic rings. The summed E-state index contributed by atoms with van der Waals surface area (Å²) in [6.07, 6.45) is 4.73. The van der Waals surface area contributed by atoms with Crippen molar-refractivity contribution >= 4 is 5.84 Å². The molecular formula is C25H26N2O. The van der Waals surface area contributed by atoms with Crippen LogP contribution in [0.3, 0.4) is 0 Å². The van der Waals surface area contributed by atoms with Crippen molar-refractivity contribution in [3.8, 4) is 11.5 Å². The third-order valence-electron chi connectivity index (χ3n) is 4.99. The second-order valence-electron chi connectivity index (χ2n) is 7.11. The fourth-order valence-corrected chi connectivity index (χ4v) is 3.50. The van der Waals surface area contributed by atoms with Gasteiger partial charge in [0.1, 0.15) is 17.5 Å². The number of hydrogen-bond acceptors (Lipinski definition) is 2. The minimum absolute atomic E-state index is 0.00687. The van der Waals surface area contributed by atoms with Gasteiger partial charge in [0, 0.05) is 13.0 Å². The van der Waals surface area contributed by atoms with E-state index >= 15 is 0 Å². The van der Waals surface area contributed by atoms with Gasteiger partial charge in [-0.2, -0.15) is 0 Å². The Morgan fingerprint density at radius 3 is 2.07 bits per heavy atom. The molecule has 3 nitrogen and oxygen atoms in total. The van der Waals surface area contributed by atoms with Crippen LogP contribution >= 0.6 is 0 Å². The second kappa shape index (κ2) is 9.23. The number of para-hydroxylation sites is 1. The molecule has 0 spiro atoms. The summed E-state index contributed by atoms with van der Waals surface area (Å²) in [5, 5.41) is 3.52. The molecule has 1 heterocycles. The van der Waals surface area contributed by atoms with Crippen molar-refractivity contribution in [2.75, 3.05) is 6.54 Å². The molecule has 0 saturated carbocycles. The minimum Gasteiger partial charge on any atom is -0.457 e. The molecule has 4 rings (SSSR count). The molecule has 1 N–H and O–H groups in total. The van der Waals surface area contributed by atoms with Crippen LogP contribution in [0, 0.1) is 0 Å². The maximum Gasteiger partial charge on any atom is 0.127 e. The summed E-state index contributed by atoms with van der Waals surface area (Å²) in [4.78, 5) is 5.11. The first-order valence-electron chi connectivity index (χ1n) is 10.1. The van der Waals surface area contributed by atoms with E-state index in [4.69, 9.17) is 9.73 Å². The molecule has 0 radical (unpaired) electrons. The molecule has 1 aliphatic heterocycles. The van der Waals surface area contributed by atoms with Gasteiger partial charge < -0.3 is 10.1 Å². The standard InChI is InChI=1S/C25H26N2O/c1-4-10-20(11-5-1)25(27-24-14-8-3-9-19-26-24)21-15-17-23(18-16-21)28-22-12-6-2-7-13-22/h1-2,4-7,10-13,15-18,25H,3,8-9,14,19H2,(H,26,27). The van der Waals surface area contributed by atoms with E-state index in [1.165, 1.54) is 30.4 Å². The Bertz CT molecular complexity index is 879. The van der Waals surface area contributed by atoms with Crippen LogP contribution < -0.4 is 10.1 Å². The van der Waals surface area contributed by atoms with Crippen LogP contribution in [0.25, 0.3) is 0 Å². The molecule has 0 aromatic heterocycles. The van der Waals surface area contributed by atoms with Crippen molar-refractivity contribution in [3.63, 3.8) is 0 Å². The summed E-state index contributed by atoms with van der Waals surface area (Å²) in [6, 6.07) is 28.7. The Labute approximate surface area is 167 Å². The first-order chi connectivity index (χ1) is 13.9. The predicted octanol–water partition coefficient (Wildman–Crippen LogP) is 6.13. The van der Waals surface area contributed by atoms with Crippen molar-refractivity contribution in [2.45, 2.75) is 31.7 Å². The van der Waals surface area contributed by atoms with E-state index < -0.39 is 0 Å². The van der Waals surface area contributed by atoms with Crippen molar-refractivity contribution in [3.05, 3.63) is 96.1 Å². The van der Waals surface area contributed by atoms with Crippen molar-refractivity contribution in [1.82, 2.24) is 5.32 Å². The SMILES string of the molecule is c1ccc(Oc2ccc(C(N=C3CCCCCN3)c3ccccc3)cc2)cc1. The number of amidine groups is 1. The lowest BCUT2D eigenvalue weighted by Crippen LogP contribution is -2.23. The van der Waals surface area contributed by atoms with E-state index in [0.717, 1.165) is 30.3 Å². The Morgan fingerprint density at radius 2 is 1.32 bits per heavy atom. The third kappa shape index (κ3) is 4.80.